The summed E-state index contributed by atoms with van der Waals surface area (Å²) in [6.45, 7) is 0. The lowest BCUT2D eigenvalue weighted by molar-refractivity contribution is -0.137. The Labute approximate surface area is 168 Å². The van der Waals surface area contributed by atoms with Crippen LogP contribution in [0.15, 0.2) is 35.7 Å². The minimum absolute atomic E-state index is 0.249. The van der Waals surface area contributed by atoms with Crippen molar-refractivity contribution in [1.29, 1.82) is 0 Å². The van der Waals surface area contributed by atoms with Crippen LogP contribution < -0.4 is 20.5 Å². The van der Waals surface area contributed by atoms with Gasteiger partial charge in [0.1, 0.15) is 0 Å². The van der Waals surface area contributed by atoms with Crippen molar-refractivity contribution in [3.63, 3.8) is 0 Å². The predicted molar refractivity (Wildman–Crippen MR) is 103 cm³/mol. The molecule has 0 fully saturated rings. The first-order chi connectivity index (χ1) is 13.8. The maximum absolute atomic E-state index is 12.7. The van der Waals surface area contributed by atoms with Crippen LogP contribution in [0.3, 0.4) is 0 Å². The van der Waals surface area contributed by atoms with Gasteiger partial charge in [-0.25, -0.2) is 4.98 Å². The maximum Gasteiger partial charge on any atom is 0.416 e. The van der Waals surface area contributed by atoms with Crippen molar-refractivity contribution in [2.45, 2.75) is 18.6 Å². The van der Waals surface area contributed by atoms with E-state index < -0.39 is 17.8 Å². The minimum atomic E-state index is -4.36. The van der Waals surface area contributed by atoms with E-state index in [2.05, 4.69) is 20.3 Å². The molecule has 0 saturated carbocycles. The Kier molecular flexibility index (Phi) is 6.18. The van der Waals surface area contributed by atoms with Crippen molar-refractivity contribution in [3.8, 4) is 11.8 Å². The van der Waals surface area contributed by atoms with Gasteiger partial charge in [-0.15, -0.1) is 11.3 Å². The average Bonchev–Trinajstić information content (AvgIpc) is 3.16. The predicted octanol–water partition coefficient (Wildman–Crippen LogP) is 3.96. The maximum atomic E-state index is 12.7. The summed E-state index contributed by atoms with van der Waals surface area (Å²) in [5.74, 6) is 0.906. The lowest BCUT2D eigenvalue weighted by Crippen LogP contribution is -2.14. The Hall–Kier alpha value is -2.92. The molecule has 0 aliphatic rings. The summed E-state index contributed by atoms with van der Waals surface area (Å²) in [5, 5.41) is 5.25. The van der Waals surface area contributed by atoms with Crippen molar-refractivity contribution < 1.29 is 22.6 Å². The van der Waals surface area contributed by atoms with E-state index in [0.29, 0.717) is 34.6 Å². The van der Waals surface area contributed by atoms with E-state index in [1.54, 1.807) is 11.4 Å². The number of nitrogens with zero attached hydrogens (tertiary/aromatic N) is 3. The number of ether oxygens (including phenoxy) is 2. The van der Waals surface area contributed by atoms with Crippen LogP contribution in [0.1, 0.15) is 22.9 Å². The molecular weight excluding hydrogens is 407 g/mol. The molecule has 2 aromatic heterocycles. The zero-order valence-corrected chi connectivity index (χ0v) is 16.3. The molecule has 0 spiro atoms. The van der Waals surface area contributed by atoms with Gasteiger partial charge < -0.3 is 15.2 Å². The highest BCUT2D eigenvalue weighted by molar-refractivity contribution is 7.13. The van der Waals surface area contributed by atoms with Crippen molar-refractivity contribution in [1.82, 2.24) is 15.0 Å². The number of halogens is 3. The van der Waals surface area contributed by atoms with Crippen molar-refractivity contribution in [2.75, 3.05) is 19.5 Å². The first-order valence-corrected chi connectivity index (χ1v) is 9.27. The fourth-order valence-corrected chi connectivity index (χ4v) is 3.23. The van der Waals surface area contributed by atoms with E-state index in [-0.39, 0.29) is 5.95 Å². The van der Waals surface area contributed by atoms with Gasteiger partial charge in [0.2, 0.25) is 17.7 Å². The molecule has 0 amide bonds. The second-order valence-electron chi connectivity index (χ2n) is 5.98. The standard InChI is InChI=1S/C18H18F3N5O2S/c1-27-14-8-15(28-2)25-16(24-14)26-17-23-13(9-29-17)12(22)7-10-3-5-11(6-4-10)18(19,20)21/h3-6,8-9,12H,7,22H2,1-2H3,(H,23,24,25,26). The van der Waals surface area contributed by atoms with E-state index in [1.165, 1.54) is 37.7 Å². The smallest absolute Gasteiger partial charge is 0.416 e. The zero-order chi connectivity index (χ0) is 21.0. The number of anilines is 2. The quantitative estimate of drug-likeness (QED) is 0.592. The molecule has 1 unspecified atom stereocenters. The van der Waals surface area contributed by atoms with Gasteiger partial charge in [0, 0.05) is 5.38 Å². The van der Waals surface area contributed by atoms with Crippen molar-refractivity contribution >= 4 is 22.4 Å². The Balaban J connectivity index is 1.68. The van der Waals surface area contributed by atoms with Crippen LogP contribution in [0, 0.1) is 0 Å². The topological polar surface area (TPSA) is 95.2 Å². The van der Waals surface area contributed by atoms with Crippen LogP contribution in [-0.2, 0) is 12.6 Å². The number of methoxy groups -OCH3 is 2. The van der Waals surface area contributed by atoms with Crippen LogP contribution >= 0.6 is 11.3 Å². The van der Waals surface area contributed by atoms with Crippen molar-refractivity contribution in [3.05, 3.63) is 52.5 Å². The third-order valence-corrected chi connectivity index (χ3v) is 4.73. The molecular formula is C18H18F3N5O2S. The molecule has 29 heavy (non-hydrogen) atoms. The summed E-state index contributed by atoms with van der Waals surface area (Å²) < 4.78 is 48.2. The van der Waals surface area contributed by atoms with Gasteiger partial charge >= 0.3 is 6.18 Å². The highest BCUT2D eigenvalue weighted by atomic mass is 32.1. The fourth-order valence-electron chi connectivity index (χ4n) is 2.47. The fraction of sp³-hybridized carbons (Fsp3) is 0.278. The molecule has 0 aliphatic carbocycles. The number of hydrogen-bond donors (Lipinski definition) is 2. The van der Waals surface area contributed by atoms with Crippen LogP contribution in [0.25, 0.3) is 0 Å². The molecule has 0 radical (unpaired) electrons. The van der Waals surface area contributed by atoms with Gasteiger partial charge in [0.05, 0.1) is 37.6 Å². The van der Waals surface area contributed by atoms with Crippen LogP contribution in [0.5, 0.6) is 11.8 Å². The molecule has 1 atom stereocenters. The number of thiazole rings is 1. The summed E-state index contributed by atoms with van der Waals surface area (Å²) in [4.78, 5) is 12.7. The molecule has 0 saturated heterocycles. The molecule has 3 aromatic rings. The Morgan fingerprint density at radius 1 is 1.07 bits per heavy atom. The summed E-state index contributed by atoms with van der Waals surface area (Å²) in [5.41, 5.74) is 6.77. The number of nitrogens with one attached hydrogen (secondary N) is 1. The van der Waals surface area contributed by atoms with E-state index in [9.17, 15) is 13.2 Å². The zero-order valence-electron chi connectivity index (χ0n) is 15.5. The number of rotatable bonds is 7. The summed E-state index contributed by atoms with van der Waals surface area (Å²) in [7, 11) is 2.96. The second-order valence-corrected chi connectivity index (χ2v) is 6.84. The molecule has 11 heteroatoms. The van der Waals surface area contributed by atoms with Gasteiger partial charge in [-0.2, -0.15) is 23.1 Å². The highest BCUT2D eigenvalue weighted by Gasteiger charge is 2.30. The monoisotopic (exact) mass is 425 g/mol. The number of benzene rings is 1. The molecule has 3 N–H and O–H groups in total. The summed E-state index contributed by atoms with van der Waals surface area (Å²) in [6, 6.07) is 6.00. The number of aromatic nitrogens is 3. The highest BCUT2D eigenvalue weighted by Crippen LogP contribution is 2.30. The number of hydrogen-bond acceptors (Lipinski definition) is 8. The molecule has 2 heterocycles. The lowest BCUT2D eigenvalue weighted by atomic mass is 10.0. The minimum Gasteiger partial charge on any atom is -0.481 e. The molecule has 1 aromatic carbocycles. The molecule has 7 nitrogen and oxygen atoms in total. The van der Waals surface area contributed by atoms with Gasteiger partial charge in [-0.3, -0.25) is 5.32 Å². The van der Waals surface area contributed by atoms with E-state index >= 15 is 0 Å². The first-order valence-electron chi connectivity index (χ1n) is 8.39. The molecule has 0 bridgehead atoms. The molecule has 3 rings (SSSR count). The largest absolute Gasteiger partial charge is 0.481 e. The molecule has 0 aliphatic heterocycles. The van der Waals surface area contributed by atoms with E-state index in [0.717, 1.165) is 12.1 Å². The normalized spacial score (nSPS) is 12.5. The van der Waals surface area contributed by atoms with Crippen molar-refractivity contribution in [2.24, 2.45) is 5.73 Å². The SMILES string of the molecule is COc1cc(OC)nc(Nc2nc(C(N)Cc3ccc(C(F)(F)F)cc3)cs2)n1. The van der Waals surface area contributed by atoms with E-state index in [1.807, 2.05) is 0 Å². The van der Waals surface area contributed by atoms with Crippen LogP contribution in [0.2, 0.25) is 0 Å². The Morgan fingerprint density at radius 2 is 1.69 bits per heavy atom. The first kappa shape index (κ1) is 20.8. The van der Waals surface area contributed by atoms with Gasteiger partial charge in [-0.1, -0.05) is 12.1 Å². The van der Waals surface area contributed by atoms with Gasteiger partial charge in [0.25, 0.3) is 0 Å². The molecule has 154 valence electrons. The van der Waals surface area contributed by atoms with Gasteiger partial charge in [-0.05, 0) is 24.1 Å². The average molecular weight is 425 g/mol. The van der Waals surface area contributed by atoms with Crippen LogP contribution in [-0.4, -0.2) is 29.2 Å². The summed E-state index contributed by atoms with van der Waals surface area (Å²) in [6.07, 6.45) is -4.01. The van der Waals surface area contributed by atoms with Crippen LogP contribution in [0.4, 0.5) is 24.3 Å². The van der Waals surface area contributed by atoms with Gasteiger partial charge in [0.15, 0.2) is 5.13 Å². The number of nitrogens with two attached hydrogens (primary N) is 1. The third-order valence-electron chi connectivity index (χ3n) is 3.95. The Morgan fingerprint density at radius 3 is 2.24 bits per heavy atom. The Bertz CT molecular complexity index is 941. The third kappa shape index (κ3) is 5.33. The summed E-state index contributed by atoms with van der Waals surface area (Å²) >= 11 is 1.30. The number of alkyl halides is 3. The lowest BCUT2D eigenvalue weighted by Gasteiger charge is -2.11. The van der Waals surface area contributed by atoms with E-state index in [4.69, 9.17) is 15.2 Å². The second kappa shape index (κ2) is 8.62.